The first-order chi connectivity index (χ1) is 12.7. The minimum Gasteiger partial charge on any atom is -0.497 e. The molecule has 1 N–H and O–H groups in total. The largest absolute Gasteiger partial charge is 0.497 e. The van der Waals surface area contributed by atoms with Crippen LogP contribution in [0.15, 0.2) is 48.5 Å². The van der Waals surface area contributed by atoms with E-state index in [1.54, 1.807) is 7.11 Å². The van der Waals surface area contributed by atoms with Gasteiger partial charge >= 0.3 is 0 Å². The standard InChI is InChI=1S/C21H24N2O3/c1-25-17-7-4-6-16(12-17)13-23-11-5-10-21(14-23)15-26-19-9-3-2-8-18(19)20(24)22-21/h2-4,6-9,12H,5,10-11,13-15H2,1H3,(H,22,24). The van der Waals surface area contributed by atoms with Crippen LogP contribution in [0.1, 0.15) is 28.8 Å². The van der Waals surface area contributed by atoms with Crippen LogP contribution in [0.3, 0.4) is 0 Å². The maximum absolute atomic E-state index is 12.7. The maximum atomic E-state index is 12.7. The number of hydrogen-bond acceptors (Lipinski definition) is 4. The van der Waals surface area contributed by atoms with Gasteiger partial charge in [-0.15, -0.1) is 0 Å². The fourth-order valence-corrected chi connectivity index (χ4v) is 3.95. The van der Waals surface area contributed by atoms with Gasteiger partial charge in [0.1, 0.15) is 18.1 Å². The maximum Gasteiger partial charge on any atom is 0.255 e. The molecule has 4 rings (SSSR count). The van der Waals surface area contributed by atoms with Crippen molar-refractivity contribution in [3.8, 4) is 11.5 Å². The van der Waals surface area contributed by atoms with E-state index in [1.165, 1.54) is 5.56 Å². The molecule has 1 atom stereocenters. The normalized spacial score (nSPS) is 22.9. The number of methoxy groups -OCH3 is 1. The summed E-state index contributed by atoms with van der Waals surface area (Å²) in [5.41, 5.74) is 1.49. The molecule has 2 aromatic rings. The highest BCUT2D eigenvalue weighted by Gasteiger charge is 2.40. The van der Waals surface area contributed by atoms with Crippen LogP contribution in [-0.2, 0) is 6.54 Å². The van der Waals surface area contributed by atoms with Crippen LogP contribution in [-0.4, -0.2) is 43.2 Å². The number of amides is 1. The Bertz CT molecular complexity index is 807. The lowest BCUT2D eigenvalue weighted by atomic mass is 9.89. The highest BCUT2D eigenvalue weighted by molar-refractivity contribution is 5.97. The minimum absolute atomic E-state index is 0.0404. The summed E-state index contributed by atoms with van der Waals surface area (Å²) in [6.45, 7) is 3.14. The molecule has 26 heavy (non-hydrogen) atoms. The fraction of sp³-hybridized carbons (Fsp3) is 0.381. The van der Waals surface area contributed by atoms with Crippen molar-refractivity contribution in [2.75, 3.05) is 26.8 Å². The van der Waals surface area contributed by atoms with Gasteiger partial charge in [0.05, 0.1) is 18.2 Å². The summed E-state index contributed by atoms with van der Waals surface area (Å²) in [4.78, 5) is 15.1. The number of rotatable bonds is 3. The van der Waals surface area contributed by atoms with Gasteiger partial charge in [-0.2, -0.15) is 0 Å². The second-order valence-corrected chi connectivity index (χ2v) is 7.19. The Kier molecular flexibility index (Phi) is 4.55. The molecule has 0 aromatic heterocycles. The Labute approximate surface area is 153 Å². The second-order valence-electron chi connectivity index (χ2n) is 7.19. The number of hydrogen-bond donors (Lipinski definition) is 1. The molecule has 5 nitrogen and oxygen atoms in total. The molecule has 2 aliphatic heterocycles. The number of carbonyl (C=O) groups excluding carboxylic acids is 1. The van der Waals surface area contributed by atoms with Crippen LogP contribution >= 0.6 is 0 Å². The highest BCUT2D eigenvalue weighted by atomic mass is 16.5. The van der Waals surface area contributed by atoms with Crippen LogP contribution in [0.25, 0.3) is 0 Å². The third kappa shape index (κ3) is 3.40. The van der Waals surface area contributed by atoms with Crippen LogP contribution in [0.4, 0.5) is 0 Å². The van der Waals surface area contributed by atoms with Crippen LogP contribution in [0.2, 0.25) is 0 Å². The third-order valence-corrected chi connectivity index (χ3v) is 5.21. The van der Waals surface area contributed by atoms with Crippen molar-refractivity contribution in [3.05, 3.63) is 59.7 Å². The molecule has 0 saturated carbocycles. The van der Waals surface area contributed by atoms with E-state index in [-0.39, 0.29) is 11.4 Å². The van der Waals surface area contributed by atoms with E-state index in [9.17, 15) is 4.79 Å². The van der Waals surface area contributed by atoms with Crippen molar-refractivity contribution in [2.24, 2.45) is 0 Å². The summed E-state index contributed by atoms with van der Waals surface area (Å²) in [6.07, 6.45) is 1.96. The average Bonchev–Trinajstić information content (AvgIpc) is 2.79. The zero-order valence-corrected chi connectivity index (χ0v) is 15.0. The zero-order chi connectivity index (χ0) is 18.0. The molecule has 1 fully saturated rings. The van der Waals surface area contributed by atoms with E-state index in [0.29, 0.717) is 17.9 Å². The van der Waals surface area contributed by atoms with Crippen molar-refractivity contribution >= 4 is 5.91 Å². The molecule has 2 aliphatic rings. The van der Waals surface area contributed by atoms with Gasteiger partial charge in [0.2, 0.25) is 0 Å². The van der Waals surface area contributed by atoms with Crippen molar-refractivity contribution in [1.82, 2.24) is 10.2 Å². The van der Waals surface area contributed by atoms with E-state index in [4.69, 9.17) is 9.47 Å². The van der Waals surface area contributed by atoms with E-state index in [2.05, 4.69) is 22.3 Å². The number of ether oxygens (including phenoxy) is 2. The van der Waals surface area contributed by atoms with Crippen molar-refractivity contribution in [1.29, 1.82) is 0 Å². The smallest absolute Gasteiger partial charge is 0.255 e. The van der Waals surface area contributed by atoms with Gasteiger partial charge < -0.3 is 14.8 Å². The van der Waals surface area contributed by atoms with Gasteiger partial charge in [-0.1, -0.05) is 24.3 Å². The van der Waals surface area contributed by atoms with Gasteiger partial charge in [-0.3, -0.25) is 9.69 Å². The molecule has 1 spiro atoms. The van der Waals surface area contributed by atoms with E-state index in [1.807, 2.05) is 36.4 Å². The van der Waals surface area contributed by atoms with Gasteiger partial charge in [-0.25, -0.2) is 0 Å². The number of nitrogens with zero attached hydrogens (tertiary/aromatic N) is 1. The molecular formula is C21H24N2O3. The first-order valence-corrected chi connectivity index (χ1v) is 9.07. The SMILES string of the molecule is COc1cccc(CN2CCCC3(COc4ccccc4C(=O)N3)C2)c1. The number of para-hydroxylation sites is 1. The van der Waals surface area contributed by atoms with Crippen LogP contribution in [0.5, 0.6) is 11.5 Å². The predicted molar refractivity (Wildman–Crippen MR) is 99.6 cm³/mol. The molecule has 0 aliphatic carbocycles. The lowest BCUT2D eigenvalue weighted by molar-refractivity contribution is 0.0643. The third-order valence-electron chi connectivity index (χ3n) is 5.21. The van der Waals surface area contributed by atoms with Crippen LogP contribution < -0.4 is 14.8 Å². The molecule has 136 valence electrons. The second kappa shape index (κ2) is 7.00. The minimum atomic E-state index is -0.340. The topological polar surface area (TPSA) is 50.8 Å². The number of carbonyl (C=O) groups is 1. The number of piperidine rings is 1. The number of benzene rings is 2. The van der Waals surface area contributed by atoms with Gasteiger partial charge in [0.15, 0.2) is 0 Å². The Balaban J connectivity index is 1.50. The van der Waals surface area contributed by atoms with Gasteiger partial charge in [0, 0.05) is 13.1 Å². The molecule has 0 radical (unpaired) electrons. The van der Waals surface area contributed by atoms with E-state index >= 15 is 0 Å². The van der Waals surface area contributed by atoms with Crippen molar-refractivity contribution in [3.63, 3.8) is 0 Å². The van der Waals surface area contributed by atoms with E-state index < -0.39 is 0 Å². The van der Waals surface area contributed by atoms with Gasteiger partial charge in [0.25, 0.3) is 5.91 Å². The Morgan fingerprint density at radius 1 is 1.23 bits per heavy atom. The summed E-state index contributed by atoms with van der Waals surface area (Å²) in [7, 11) is 1.69. The van der Waals surface area contributed by atoms with Crippen molar-refractivity contribution in [2.45, 2.75) is 24.9 Å². The Morgan fingerprint density at radius 3 is 3.00 bits per heavy atom. The first-order valence-electron chi connectivity index (χ1n) is 9.07. The molecule has 2 heterocycles. The molecule has 0 bridgehead atoms. The Morgan fingerprint density at radius 2 is 2.12 bits per heavy atom. The zero-order valence-electron chi connectivity index (χ0n) is 15.0. The first kappa shape index (κ1) is 16.9. The average molecular weight is 352 g/mol. The summed E-state index contributed by atoms with van der Waals surface area (Å²) in [5, 5.41) is 3.26. The molecule has 2 aromatic carbocycles. The van der Waals surface area contributed by atoms with Crippen LogP contribution in [0, 0.1) is 0 Å². The number of fused-ring (bicyclic) bond motifs is 1. The summed E-state index contributed by atoms with van der Waals surface area (Å²) in [6, 6.07) is 15.6. The number of nitrogens with one attached hydrogen (secondary N) is 1. The molecule has 5 heteroatoms. The highest BCUT2D eigenvalue weighted by Crippen LogP contribution is 2.29. The molecular weight excluding hydrogens is 328 g/mol. The molecule has 1 saturated heterocycles. The van der Waals surface area contributed by atoms with Gasteiger partial charge in [-0.05, 0) is 49.2 Å². The summed E-state index contributed by atoms with van der Waals surface area (Å²) < 4.78 is 11.3. The lowest BCUT2D eigenvalue weighted by Crippen LogP contribution is -2.60. The lowest BCUT2D eigenvalue weighted by Gasteiger charge is -2.42. The summed E-state index contributed by atoms with van der Waals surface area (Å²) in [5.74, 6) is 1.50. The van der Waals surface area contributed by atoms with Crippen molar-refractivity contribution < 1.29 is 14.3 Å². The quantitative estimate of drug-likeness (QED) is 0.923. The molecule has 1 amide bonds. The van der Waals surface area contributed by atoms with E-state index in [0.717, 1.165) is 38.2 Å². The number of likely N-dealkylation sites (tertiary alicyclic amines) is 1. The summed E-state index contributed by atoms with van der Waals surface area (Å²) >= 11 is 0. The Hall–Kier alpha value is -2.53. The predicted octanol–water partition coefficient (Wildman–Crippen LogP) is 2.85. The monoisotopic (exact) mass is 352 g/mol. The fourth-order valence-electron chi connectivity index (χ4n) is 3.95. The molecule has 1 unspecified atom stereocenters.